The highest BCUT2D eigenvalue weighted by atomic mass is 19.3. The number of oxazole rings is 1. The summed E-state index contributed by atoms with van der Waals surface area (Å²) in [4.78, 5) is 24.9. The highest BCUT2D eigenvalue weighted by Crippen LogP contribution is 2.36. The zero-order chi connectivity index (χ0) is 21.7. The Hall–Kier alpha value is -3.70. The number of aromatic amines is 1. The van der Waals surface area contributed by atoms with Crippen LogP contribution in [0.1, 0.15) is 58.1 Å². The Morgan fingerprint density at radius 2 is 2.06 bits per heavy atom. The summed E-state index contributed by atoms with van der Waals surface area (Å²) in [5, 5.41) is 4.49. The Labute approximate surface area is 171 Å². The van der Waals surface area contributed by atoms with Crippen LogP contribution in [0.3, 0.4) is 0 Å². The van der Waals surface area contributed by atoms with E-state index in [1.54, 1.807) is 22.8 Å². The smallest absolute Gasteiger partial charge is 0.313 e. The third-order valence-corrected chi connectivity index (χ3v) is 5.11. The molecule has 0 aliphatic carbocycles. The lowest BCUT2D eigenvalue weighted by atomic mass is 9.99. The fourth-order valence-corrected chi connectivity index (χ4v) is 3.76. The Bertz CT molecular complexity index is 1230. The quantitative estimate of drug-likeness (QED) is 0.495. The van der Waals surface area contributed by atoms with E-state index >= 15 is 0 Å². The number of nitrogens with zero attached hydrogens (tertiary/aromatic N) is 5. The van der Waals surface area contributed by atoms with Crippen molar-refractivity contribution in [2.24, 2.45) is 0 Å². The van der Waals surface area contributed by atoms with Gasteiger partial charge < -0.3 is 14.3 Å². The van der Waals surface area contributed by atoms with Crippen LogP contribution in [0.4, 0.5) is 17.6 Å². The highest BCUT2D eigenvalue weighted by Gasteiger charge is 2.40. The van der Waals surface area contributed by atoms with Gasteiger partial charge in [-0.15, -0.1) is 0 Å². The van der Waals surface area contributed by atoms with Gasteiger partial charge in [0.05, 0.1) is 23.2 Å². The molecular formula is C19H14F4N6O2. The minimum absolute atomic E-state index is 0.111. The molecule has 1 amide bonds. The second-order valence-corrected chi connectivity index (χ2v) is 6.92. The van der Waals surface area contributed by atoms with Crippen LogP contribution < -0.4 is 0 Å². The van der Waals surface area contributed by atoms with E-state index in [4.69, 9.17) is 4.42 Å². The van der Waals surface area contributed by atoms with Gasteiger partial charge in [-0.05, 0) is 18.2 Å². The molecule has 12 heteroatoms. The fraction of sp³-hybridized carbons (Fsp3) is 0.263. The van der Waals surface area contributed by atoms with Gasteiger partial charge in [0.15, 0.2) is 5.69 Å². The molecule has 0 spiro atoms. The summed E-state index contributed by atoms with van der Waals surface area (Å²) >= 11 is 0. The Kier molecular flexibility index (Phi) is 4.49. The van der Waals surface area contributed by atoms with Crippen molar-refractivity contribution in [1.29, 1.82) is 0 Å². The summed E-state index contributed by atoms with van der Waals surface area (Å²) in [6.07, 6.45) is -2.93. The monoisotopic (exact) mass is 434 g/mol. The molecule has 8 nitrogen and oxygen atoms in total. The van der Waals surface area contributed by atoms with Crippen molar-refractivity contribution in [3.8, 4) is 0 Å². The Morgan fingerprint density at radius 1 is 1.23 bits per heavy atom. The lowest BCUT2D eigenvalue weighted by molar-refractivity contribution is 0.0623. The van der Waals surface area contributed by atoms with Gasteiger partial charge in [0.2, 0.25) is 5.76 Å². The lowest BCUT2D eigenvalue weighted by Gasteiger charge is -2.33. The number of amides is 1. The number of imidazole rings is 1. The van der Waals surface area contributed by atoms with Gasteiger partial charge in [0, 0.05) is 24.9 Å². The molecule has 4 aromatic rings. The molecule has 0 aromatic carbocycles. The van der Waals surface area contributed by atoms with Gasteiger partial charge in [0.25, 0.3) is 18.2 Å². The second kappa shape index (κ2) is 7.22. The molecule has 1 aliphatic rings. The number of halogens is 4. The molecule has 0 fully saturated rings. The van der Waals surface area contributed by atoms with Crippen molar-refractivity contribution in [2.45, 2.75) is 25.3 Å². The molecule has 5 heterocycles. The number of carbonyl (C=O) groups is 1. The number of fused-ring (bicyclic) bond motifs is 2. The Morgan fingerprint density at radius 3 is 2.81 bits per heavy atom. The minimum atomic E-state index is -3.26. The molecule has 0 saturated carbocycles. The van der Waals surface area contributed by atoms with Crippen molar-refractivity contribution in [3.05, 3.63) is 71.2 Å². The summed E-state index contributed by atoms with van der Waals surface area (Å²) in [5.41, 5.74) is 1.35. The van der Waals surface area contributed by atoms with Crippen molar-refractivity contribution in [2.75, 3.05) is 6.54 Å². The summed E-state index contributed by atoms with van der Waals surface area (Å²) in [7, 11) is 0. The van der Waals surface area contributed by atoms with E-state index in [0.717, 1.165) is 11.2 Å². The first kappa shape index (κ1) is 19.3. The summed E-state index contributed by atoms with van der Waals surface area (Å²) in [5.74, 6) is -3.11. The number of aromatic nitrogens is 5. The van der Waals surface area contributed by atoms with Crippen molar-refractivity contribution >= 4 is 11.4 Å². The van der Waals surface area contributed by atoms with Crippen LogP contribution in [0.15, 0.2) is 41.2 Å². The van der Waals surface area contributed by atoms with E-state index in [0.29, 0.717) is 17.8 Å². The highest BCUT2D eigenvalue weighted by molar-refractivity contribution is 5.93. The molecule has 31 heavy (non-hydrogen) atoms. The van der Waals surface area contributed by atoms with E-state index in [1.807, 2.05) is 12.1 Å². The topological polar surface area (TPSA) is 92.3 Å². The van der Waals surface area contributed by atoms with Crippen LogP contribution in [0.5, 0.6) is 0 Å². The first-order valence-electron chi connectivity index (χ1n) is 9.28. The maximum absolute atomic E-state index is 13.4. The van der Waals surface area contributed by atoms with Gasteiger partial charge in [-0.25, -0.2) is 23.3 Å². The molecule has 0 bridgehead atoms. The first-order valence-corrected chi connectivity index (χ1v) is 9.28. The van der Waals surface area contributed by atoms with Gasteiger partial charge in [-0.1, -0.05) is 6.07 Å². The number of hydrogen-bond donors (Lipinski definition) is 1. The van der Waals surface area contributed by atoms with Gasteiger partial charge in [-0.3, -0.25) is 4.79 Å². The van der Waals surface area contributed by atoms with Crippen LogP contribution in [-0.4, -0.2) is 41.9 Å². The van der Waals surface area contributed by atoms with Crippen LogP contribution in [0.25, 0.3) is 5.52 Å². The SMILES string of the molecule is O=C(c1oc(C(F)F)nc1C(F)F)N1CCc2[nH]cnc2[C@H]1c1cc2ccccn2n1. The predicted molar refractivity (Wildman–Crippen MR) is 96.8 cm³/mol. The van der Waals surface area contributed by atoms with Gasteiger partial charge in [-0.2, -0.15) is 13.9 Å². The van der Waals surface area contributed by atoms with Crippen LogP contribution in [0, 0.1) is 0 Å². The lowest BCUT2D eigenvalue weighted by Crippen LogP contribution is -2.41. The van der Waals surface area contributed by atoms with E-state index in [-0.39, 0.29) is 6.54 Å². The molecule has 0 saturated heterocycles. The standard InChI is InChI=1S/C19H14F4N6O2/c20-16(21)13-15(31-18(26-13)17(22)23)19(30)28-6-4-10-12(25-8-24-10)14(28)11-7-9-3-1-2-5-29(9)27-11/h1-3,5,7-8,14,16-17H,4,6H2,(H,24,25)/t14-/m1/s1. The zero-order valence-corrected chi connectivity index (χ0v) is 15.7. The molecule has 5 rings (SSSR count). The summed E-state index contributed by atoms with van der Waals surface area (Å²) in [6, 6.07) is 6.33. The van der Waals surface area contributed by atoms with E-state index in [9.17, 15) is 22.4 Å². The number of hydrogen-bond acceptors (Lipinski definition) is 5. The number of carbonyl (C=O) groups excluding carboxylic acids is 1. The van der Waals surface area contributed by atoms with Crippen molar-refractivity contribution < 1.29 is 26.8 Å². The number of pyridine rings is 1. The van der Waals surface area contributed by atoms with Gasteiger partial charge in [0.1, 0.15) is 6.04 Å². The molecule has 0 unspecified atom stereocenters. The fourth-order valence-electron chi connectivity index (χ4n) is 3.76. The Balaban J connectivity index is 1.61. The van der Waals surface area contributed by atoms with E-state index < -0.39 is 42.1 Å². The second-order valence-electron chi connectivity index (χ2n) is 6.92. The summed E-state index contributed by atoms with van der Waals surface area (Å²) in [6.45, 7) is 0.111. The van der Waals surface area contributed by atoms with Gasteiger partial charge >= 0.3 is 6.43 Å². The molecule has 1 aliphatic heterocycles. The number of alkyl halides is 4. The largest absolute Gasteiger partial charge is 0.429 e. The average Bonchev–Trinajstić information content (AvgIpc) is 3.49. The molecule has 0 radical (unpaired) electrons. The third-order valence-electron chi connectivity index (χ3n) is 5.11. The van der Waals surface area contributed by atoms with E-state index in [1.165, 1.54) is 11.2 Å². The molecule has 160 valence electrons. The maximum atomic E-state index is 13.4. The minimum Gasteiger partial charge on any atom is -0.429 e. The van der Waals surface area contributed by atoms with E-state index in [2.05, 4.69) is 20.1 Å². The first-order chi connectivity index (χ1) is 14.9. The molecule has 1 N–H and O–H groups in total. The third kappa shape index (κ3) is 3.14. The maximum Gasteiger partial charge on any atom is 0.313 e. The normalized spacial score (nSPS) is 16.5. The number of rotatable bonds is 4. The predicted octanol–water partition coefficient (Wildman–Crippen LogP) is 3.71. The average molecular weight is 434 g/mol. The zero-order valence-electron chi connectivity index (χ0n) is 15.7. The van der Waals surface area contributed by atoms with Crippen LogP contribution in [0.2, 0.25) is 0 Å². The van der Waals surface area contributed by atoms with Crippen molar-refractivity contribution in [3.63, 3.8) is 0 Å². The summed E-state index contributed by atoms with van der Waals surface area (Å²) < 4.78 is 59.2. The van der Waals surface area contributed by atoms with Crippen LogP contribution >= 0.6 is 0 Å². The molecular weight excluding hydrogens is 420 g/mol. The number of nitrogens with one attached hydrogen (secondary N) is 1. The van der Waals surface area contributed by atoms with Crippen molar-refractivity contribution in [1.82, 2.24) is 29.5 Å². The van der Waals surface area contributed by atoms with Crippen LogP contribution in [-0.2, 0) is 6.42 Å². The number of H-pyrrole nitrogens is 1. The molecule has 4 aromatic heterocycles. The molecule has 1 atom stereocenters.